The Labute approximate surface area is 149 Å². The van der Waals surface area contributed by atoms with Crippen molar-refractivity contribution in [3.05, 3.63) is 47.1 Å². The average molecular weight is 362 g/mol. The minimum absolute atomic E-state index is 0.0574. The molecule has 2 heterocycles. The van der Waals surface area contributed by atoms with Crippen molar-refractivity contribution in [2.75, 3.05) is 13.1 Å². The van der Waals surface area contributed by atoms with E-state index in [0.29, 0.717) is 37.6 Å². The van der Waals surface area contributed by atoms with E-state index < -0.39 is 23.1 Å². The molecule has 0 spiro atoms. The number of nitrogens with zero attached hydrogens (tertiary/aromatic N) is 3. The van der Waals surface area contributed by atoms with E-state index in [4.69, 9.17) is 10.3 Å². The predicted molar refractivity (Wildman–Crippen MR) is 88.3 cm³/mol. The lowest BCUT2D eigenvalue weighted by molar-refractivity contribution is 0.0699. The van der Waals surface area contributed by atoms with Crippen LogP contribution in [0.5, 0.6) is 0 Å². The van der Waals surface area contributed by atoms with Crippen molar-refractivity contribution in [2.45, 2.75) is 43.6 Å². The van der Waals surface area contributed by atoms with E-state index in [9.17, 15) is 13.6 Å². The Morgan fingerprint density at radius 2 is 2.00 bits per heavy atom. The lowest BCUT2D eigenvalue weighted by Crippen LogP contribution is -2.44. The van der Waals surface area contributed by atoms with Gasteiger partial charge in [-0.05, 0) is 44.2 Å². The first-order valence-corrected chi connectivity index (χ1v) is 8.83. The van der Waals surface area contributed by atoms with Crippen molar-refractivity contribution in [3.8, 4) is 0 Å². The summed E-state index contributed by atoms with van der Waals surface area (Å²) in [4.78, 5) is 18.5. The second-order valence-corrected chi connectivity index (χ2v) is 7.16. The molecule has 138 valence electrons. The predicted octanol–water partition coefficient (Wildman–Crippen LogP) is 2.71. The summed E-state index contributed by atoms with van der Waals surface area (Å²) in [5.41, 5.74) is 5.65. The number of halogens is 2. The van der Waals surface area contributed by atoms with Crippen LogP contribution in [0.2, 0.25) is 0 Å². The number of rotatable bonds is 3. The highest BCUT2D eigenvalue weighted by Gasteiger charge is 2.40. The number of amides is 1. The Balaban J connectivity index is 1.40. The van der Waals surface area contributed by atoms with Crippen molar-refractivity contribution in [2.24, 2.45) is 5.73 Å². The Morgan fingerprint density at radius 1 is 1.27 bits per heavy atom. The average Bonchev–Trinajstić information content (AvgIpc) is 3.10. The van der Waals surface area contributed by atoms with Crippen LogP contribution >= 0.6 is 0 Å². The summed E-state index contributed by atoms with van der Waals surface area (Å²) in [5, 5.41) is 4.03. The van der Waals surface area contributed by atoms with E-state index in [1.807, 2.05) is 0 Å². The second kappa shape index (κ2) is 6.42. The van der Waals surface area contributed by atoms with E-state index in [2.05, 4.69) is 10.1 Å². The van der Waals surface area contributed by atoms with Gasteiger partial charge in [-0.1, -0.05) is 5.16 Å². The van der Waals surface area contributed by atoms with Crippen molar-refractivity contribution in [1.82, 2.24) is 15.0 Å². The first-order chi connectivity index (χ1) is 12.5. The molecule has 1 aliphatic heterocycles. The maximum absolute atomic E-state index is 13.8. The fourth-order valence-electron chi connectivity index (χ4n) is 3.55. The van der Waals surface area contributed by atoms with Gasteiger partial charge in [0.25, 0.3) is 5.91 Å². The van der Waals surface area contributed by atoms with Gasteiger partial charge in [-0.25, -0.2) is 8.78 Å². The molecular weight excluding hydrogens is 342 g/mol. The molecule has 1 aromatic carbocycles. The van der Waals surface area contributed by atoms with Gasteiger partial charge >= 0.3 is 0 Å². The SMILES string of the molecule is NC1(c2noc(C3CCN(C(=O)c4ccc(F)cc4F)CC3)n2)CCC1. The Kier molecular flexibility index (Phi) is 4.22. The molecule has 1 saturated heterocycles. The monoisotopic (exact) mass is 362 g/mol. The Hall–Kier alpha value is -2.35. The van der Waals surface area contributed by atoms with Gasteiger partial charge in [0.05, 0.1) is 11.1 Å². The molecule has 1 saturated carbocycles. The van der Waals surface area contributed by atoms with Crippen molar-refractivity contribution >= 4 is 5.91 Å². The number of benzene rings is 1. The summed E-state index contributed by atoms with van der Waals surface area (Å²) in [6.07, 6.45) is 4.09. The van der Waals surface area contributed by atoms with Crippen molar-refractivity contribution < 1.29 is 18.1 Å². The number of piperidine rings is 1. The van der Waals surface area contributed by atoms with Crippen LogP contribution in [-0.2, 0) is 5.54 Å². The topological polar surface area (TPSA) is 85.2 Å². The number of likely N-dealkylation sites (tertiary alicyclic amines) is 1. The number of carbonyl (C=O) groups is 1. The van der Waals surface area contributed by atoms with Gasteiger partial charge < -0.3 is 15.2 Å². The highest BCUT2D eigenvalue weighted by molar-refractivity contribution is 5.94. The maximum Gasteiger partial charge on any atom is 0.256 e. The van der Waals surface area contributed by atoms with Crippen LogP contribution in [0.15, 0.2) is 22.7 Å². The number of nitrogens with two attached hydrogens (primary N) is 1. The largest absolute Gasteiger partial charge is 0.339 e. The molecule has 2 fully saturated rings. The van der Waals surface area contributed by atoms with Crippen LogP contribution in [0.4, 0.5) is 8.78 Å². The van der Waals surface area contributed by atoms with Crippen LogP contribution in [-0.4, -0.2) is 34.0 Å². The van der Waals surface area contributed by atoms with E-state index in [1.165, 1.54) is 6.07 Å². The zero-order valence-electron chi connectivity index (χ0n) is 14.3. The second-order valence-electron chi connectivity index (χ2n) is 7.16. The number of hydrogen-bond acceptors (Lipinski definition) is 5. The molecular formula is C18H20F2N4O2. The summed E-state index contributed by atoms with van der Waals surface area (Å²) < 4.78 is 32.2. The quantitative estimate of drug-likeness (QED) is 0.907. The van der Waals surface area contributed by atoms with Gasteiger partial charge in [-0.3, -0.25) is 4.79 Å². The van der Waals surface area contributed by atoms with Gasteiger partial charge in [-0.2, -0.15) is 4.98 Å². The molecule has 8 heteroatoms. The number of hydrogen-bond donors (Lipinski definition) is 1. The first kappa shape index (κ1) is 17.1. The molecule has 0 atom stereocenters. The molecule has 1 aromatic heterocycles. The standard InChI is InChI=1S/C18H20F2N4O2/c19-12-2-3-13(14(20)10-12)16(25)24-8-4-11(5-9-24)15-22-17(23-26-15)18(21)6-1-7-18/h2-3,10-11H,1,4-9,21H2. The smallest absolute Gasteiger partial charge is 0.256 e. The molecule has 26 heavy (non-hydrogen) atoms. The Bertz CT molecular complexity index is 826. The molecule has 2 aromatic rings. The lowest BCUT2D eigenvalue weighted by atomic mass is 9.77. The zero-order chi connectivity index (χ0) is 18.3. The van der Waals surface area contributed by atoms with Crippen LogP contribution in [0.3, 0.4) is 0 Å². The molecule has 0 unspecified atom stereocenters. The maximum atomic E-state index is 13.8. The van der Waals surface area contributed by atoms with Crippen LogP contribution in [0.1, 0.15) is 60.1 Å². The van der Waals surface area contributed by atoms with Gasteiger partial charge in [-0.15, -0.1) is 0 Å². The van der Waals surface area contributed by atoms with Crippen LogP contribution < -0.4 is 5.73 Å². The fourth-order valence-corrected chi connectivity index (χ4v) is 3.55. The third-order valence-corrected chi connectivity index (χ3v) is 5.43. The van der Waals surface area contributed by atoms with Gasteiger partial charge in [0.1, 0.15) is 11.6 Å². The van der Waals surface area contributed by atoms with Crippen LogP contribution in [0.25, 0.3) is 0 Å². The number of carbonyl (C=O) groups excluding carboxylic acids is 1. The van der Waals surface area contributed by atoms with E-state index >= 15 is 0 Å². The van der Waals surface area contributed by atoms with Gasteiger partial charge in [0.2, 0.25) is 5.89 Å². The van der Waals surface area contributed by atoms with E-state index in [-0.39, 0.29) is 11.5 Å². The fraction of sp³-hybridized carbons (Fsp3) is 0.500. The highest BCUT2D eigenvalue weighted by atomic mass is 19.1. The Morgan fingerprint density at radius 3 is 2.62 bits per heavy atom. The van der Waals surface area contributed by atoms with Crippen molar-refractivity contribution in [3.63, 3.8) is 0 Å². The molecule has 4 rings (SSSR count). The van der Waals surface area contributed by atoms with Gasteiger partial charge in [0.15, 0.2) is 5.82 Å². The first-order valence-electron chi connectivity index (χ1n) is 8.83. The van der Waals surface area contributed by atoms with Crippen LogP contribution in [0, 0.1) is 11.6 Å². The minimum atomic E-state index is -0.840. The zero-order valence-corrected chi connectivity index (χ0v) is 14.3. The van der Waals surface area contributed by atoms with Crippen molar-refractivity contribution in [1.29, 1.82) is 0 Å². The third kappa shape index (κ3) is 2.98. The molecule has 2 aliphatic rings. The minimum Gasteiger partial charge on any atom is -0.339 e. The molecule has 1 aliphatic carbocycles. The normalized spacial score (nSPS) is 20.0. The molecule has 0 bridgehead atoms. The number of aromatic nitrogens is 2. The molecule has 1 amide bonds. The highest BCUT2D eigenvalue weighted by Crippen LogP contribution is 2.38. The summed E-state index contributed by atoms with van der Waals surface area (Å²) >= 11 is 0. The lowest BCUT2D eigenvalue weighted by Gasteiger charge is -2.34. The molecule has 0 radical (unpaired) electrons. The summed E-state index contributed by atoms with van der Waals surface area (Å²) in [5.74, 6) is -0.798. The van der Waals surface area contributed by atoms with E-state index in [1.54, 1.807) is 4.90 Å². The summed E-state index contributed by atoms with van der Waals surface area (Å²) in [6.45, 7) is 0.900. The van der Waals surface area contributed by atoms with E-state index in [0.717, 1.165) is 31.4 Å². The summed E-state index contributed by atoms with van der Waals surface area (Å²) in [7, 11) is 0. The molecule has 6 nitrogen and oxygen atoms in total. The third-order valence-electron chi connectivity index (χ3n) is 5.43. The molecule has 2 N–H and O–H groups in total. The van der Waals surface area contributed by atoms with Gasteiger partial charge in [0, 0.05) is 25.1 Å². The summed E-state index contributed by atoms with van der Waals surface area (Å²) in [6, 6.07) is 3.00.